The van der Waals surface area contributed by atoms with Gasteiger partial charge in [0.25, 0.3) is 0 Å². The molecule has 2 amide bonds. The number of aryl methyl sites for hydroxylation is 1. The normalized spacial score (nSPS) is 12.9. The van der Waals surface area contributed by atoms with Crippen LogP contribution in [0.1, 0.15) is 51.7 Å². The Morgan fingerprint density at radius 3 is 2.08 bits per heavy atom. The van der Waals surface area contributed by atoms with Crippen molar-refractivity contribution in [1.82, 2.24) is 10.2 Å². The first-order chi connectivity index (χ1) is 17.0. The maximum absolute atomic E-state index is 13.7. The highest BCUT2D eigenvalue weighted by Gasteiger charge is 2.32. The van der Waals surface area contributed by atoms with Gasteiger partial charge in [-0.3, -0.25) is 13.9 Å². The Kier molecular flexibility index (Phi) is 10.8. The number of benzene rings is 2. The van der Waals surface area contributed by atoms with Gasteiger partial charge in [0.05, 0.1) is 18.6 Å². The van der Waals surface area contributed by atoms with Crippen molar-refractivity contribution in [3.63, 3.8) is 0 Å². The number of amides is 2. The van der Waals surface area contributed by atoms with Crippen molar-refractivity contribution in [3.05, 3.63) is 59.7 Å². The number of nitrogens with zero attached hydrogens (tertiary/aromatic N) is 2. The van der Waals surface area contributed by atoms with Crippen LogP contribution in [0.5, 0.6) is 5.75 Å². The van der Waals surface area contributed by atoms with E-state index in [1.807, 2.05) is 58.9 Å². The Morgan fingerprint density at radius 2 is 1.58 bits per heavy atom. The van der Waals surface area contributed by atoms with E-state index < -0.39 is 28.5 Å². The zero-order valence-electron chi connectivity index (χ0n) is 22.2. The molecule has 0 aliphatic carbocycles. The molecule has 0 aromatic heterocycles. The lowest BCUT2D eigenvalue weighted by atomic mass is 10.1. The Hall–Kier alpha value is -3.07. The van der Waals surface area contributed by atoms with Gasteiger partial charge in [0.1, 0.15) is 18.3 Å². The lowest BCUT2D eigenvalue weighted by Crippen LogP contribution is -2.53. The van der Waals surface area contributed by atoms with Crippen molar-refractivity contribution >= 4 is 27.5 Å². The second-order valence-corrected chi connectivity index (χ2v) is 10.9. The molecule has 0 radical (unpaired) electrons. The van der Waals surface area contributed by atoms with Crippen molar-refractivity contribution in [2.24, 2.45) is 0 Å². The van der Waals surface area contributed by atoms with Crippen LogP contribution in [0.25, 0.3) is 0 Å². The van der Waals surface area contributed by atoms with Gasteiger partial charge >= 0.3 is 0 Å². The van der Waals surface area contributed by atoms with Gasteiger partial charge in [-0.05, 0) is 63.4 Å². The van der Waals surface area contributed by atoms with Gasteiger partial charge in [-0.15, -0.1) is 0 Å². The summed E-state index contributed by atoms with van der Waals surface area (Å²) in [6, 6.07) is 13.5. The molecule has 0 heterocycles. The molecule has 2 rings (SSSR count). The molecule has 0 bridgehead atoms. The van der Waals surface area contributed by atoms with E-state index in [0.29, 0.717) is 24.5 Å². The van der Waals surface area contributed by atoms with E-state index in [9.17, 15) is 18.0 Å². The molecule has 0 unspecified atom stereocenters. The lowest BCUT2D eigenvalue weighted by Gasteiger charge is -2.33. The van der Waals surface area contributed by atoms with Gasteiger partial charge in [-0.1, -0.05) is 43.7 Å². The quantitative estimate of drug-likeness (QED) is 0.435. The molecule has 9 heteroatoms. The number of rotatable bonds is 13. The Balaban J connectivity index is 2.41. The Morgan fingerprint density at radius 1 is 0.972 bits per heavy atom. The van der Waals surface area contributed by atoms with E-state index >= 15 is 0 Å². The summed E-state index contributed by atoms with van der Waals surface area (Å²) in [5, 5.41) is 2.97. The van der Waals surface area contributed by atoms with E-state index in [-0.39, 0.29) is 18.5 Å². The fraction of sp³-hybridized carbons (Fsp3) is 0.481. The van der Waals surface area contributed by atoms with Crippen molar-refractivity contribution in [3.8, 4) is 5.75 Å². The average molecular weight is 518 g/mol. The lowest BCUT2D eigenvalue weighted by molar-refractivity contribution is -0.140. The molecule has 0 saturated carbocycles. The van der Waals surface area contributed by atoms with Crippen LogP contribution < -0.4 is 14.4 Å². The molecule has 0 spiro atoms. The van der Waals surface area contributed by atoms with Gasteiger partial charge in [-0.25, -0.2) is 8.42 Å². The third-order valence-corrected chi connectivity index (χ3v) is 7.12. The average Bonchev–Trinajstić information content (AvgIpc) is 2.83. The number of carbonyl (C=O) groups is 2. The van der Waals surface area contributed by atoms with Gasteiger partial charge in [0, 0.05) is 12.6 Å². The number of nitrogens with one attached hydrogen (secondary N) is 1. The number of carbonyl (C=O) groups excluding carboxylic acids is 2. The highest BCUT2D eigenvalue weighted by atomic mass is 32.2. The SMILES string of the molecule is CCOc1ccc(N(CC(=O)N(Cc2ccc(C)cc2)[C@@H](CC)C(=O)N[C@H](C)CC)S(C)(=O)=O)cc1. The molecule has 36 heavy (non-hydrogen) atoms. The number of sulfonamides is 1. The van der Waals surface area contributed by atoms with Crippen LogP contribution in [0.2, 0.25) is 0 Å². The monoisotopic (exact) mass is 517 g/mol. The third kappa shape index (κ3) is 8.26. The molecule has 0 aliphatic heterocycles. The zero-order valence-corrected chi connectivity index (χ0v) is 23.0. The largest absolute Gasteiger partial charge is 0.494 e. The molecule has 1 N–H and O–H groups in total. The minimum Gasteiger partial charge on any atom is -0.494 e. The van der Waals surface area contributed by atoms with Crippen LogP contribution >= 0.6 is 0 Å². The van der Waals surface area contributed by atoms with E-state index in [4.69, 9.17) is 4.74 Å². The van der Waals surface area contributed by atoms with Gasteiger partial charge < -0.3 is 15.0 Å². The number of hydrogen-bond acceptors (Lipinski definition) is 5. The third-order valence-electron chi connectivity index (χ3n) is 5.98. The first-order valence-corrected chi connectivity index (χ1v) is 14.2. The second-order valence-electron chi connectivity index (χ2n) is 8.95. The molecule has 2 aromatic carbocycles. The number of hydrogen-bond donors (Lipinski definition) is 1. The van der Waals surface area contributed by atoms with E-state index in [1.54, 1.807) is 24.3 Å². The summed E-state index contributed by atoms with van der Waals surface area (Å²) in [6.07, 6.45) is 2.21. The predicted octanol–water partition coefficient (Wildman–Crippen LogP) is 3.88. The molecule has 0 saturated heterocycles. The zero-order chi connectivity index (χ0) is 26.9. The van der Waals surface area contributed by atoms with Crippen LogP contribution in [-0.4, -0.2) is 56.6 Å². The minimum atomic E-state index is -3.78. The summed E-state index contributed by atoms with van der Waals surface area (Å²) in [5.41, 5.74) is 2.29. The molecule has 8 nitrogen and oxygen atoms in total. The van der Waals surface area contributed by atoms with Gasteiger partial charge in [0.15, 0.2) is 0 Å². The van der Waals surface area contributed by atoms with Gasteiger partial charge in [0.2, 0.25) is 21.8 Å². The summed E-state index contributed by atoms with van der Waals surface area (Å²) >= 11 is 0. The first kappa shape index (κ1) is 29.2. The molecule has 198 valence electrons. The summed E-state index contributed by atoms with van der Waals surface area (Å²) in [5.74, 6) is -0.102. The number of anilines is 1. The maximum atomic E-state index is 13.7. The van der Waals surface area contributed by atoms with Crippen LogP contribution in [-0.2, 0) is 26.2 Å². The van der Waals surface area contributed by atoms with Crippen molar-refractivity contribution in [1.29, 1.82) is 0 Å². The van der Waals surface area contributed by atoms with Gasteiger partial charge in [-0.2, -0.15) is 0 Å². The van der Waals surface area contributed by atoms with Crippen LogP contribution in [0.15, 0.2) is 48.5 Å². The summed E-state index contributed by atoms with van der Waals surface area (Å²) in [7, 11) is -3.78. The van der Waals surface area contributed by atoms with Crippen LogP contribution in [0.4, 0.5) is 5.69 Å². The van der Waals surface area contributed by atoms with Crippen molar-refractivity contribution in [2.75, 3.05) is 23.7 Å². The Bertz CT molecular complexity index is 1100. The smallest absolute Gasteiger partial charge is 0.244 e. The summed E-state index contributed by atoms with van der Waals surface area (Å²) < 4.78 is 31.9. The predicted molar refractivity (Wildman–Crippen MR) is 144 cm³/mol. The molecule has 0 aliphatic rings. The molecular weight excluding hydrogens is 478 g/mol. The van der Waals surface area contributed by atoms with E-state index in [0.717, 1.165) is 28.1 Å². The molecule has 2 aromatic rings. The highest BCUT2D eigenvalue weighted by molar-refractivity contribution is 7.92. The van der Waals surface area contributed by atoms with Crippen LogP contribution in [0, 0.1) is 6.92 Å². The topological polar surface area (TPSA) is 96.0 Å². The fourth-order valence-corrected chi connectivity index (χ4v) is 4.59. The van der Waals surface area contributed by atoms with Crippen molar-refractivity contribution in [2.45, 2.75) is 66.1 Å². The summed E-state index contributed by atoms with van der Waals surface area (Å²) in [4.78, 5) is 28.3. The van der Waals surface area contributed by atoms with Crippen molar-refractivity contribution < 1.29 is 22.7 Å². The standard InChI is InChI=1S/C27H39N3O5S/c1-7-21(5)28-27(32)25(8-2)29(18-22-12-10-20(4)11-13-22)26(31)19-30(36(6,33)34)23-14-16-24(17-15-23)35-9-3/h10-17,21,25H,7-9,18-19H2,1-6H3,(H,28,32)/t21-,25+/m1/s1. The first-order valence-electron chi connectivity index (χ1n) is 12.4. The van der Waals surface area contributed by atoms with E-state index in [1.165, 1.54) is 4.90 Å². The fourth-order valence-electron chi connectivity index (χ4n) is 3.74. The highest BCUT2D eigenvalue weighted by Crippen LogP contribution is 2.23. The Labute approximate surface area is 215 Å². The molecular formula is C27H39N3O5S. The minimum absolute atomic E-state index is 0.0424. The molecule has 0 fully saturated rings. The van der Waals surface area contributed by atoms with E-state index in [2.05, 4.69) is 5.32 Å². The van der Waals surface area contributed by atoms with Crippen LogP contribution in [0.3, 0.4) is 0 Å². The second kappa shape index (κ2) is 13.3. The molecule has 2 atom stereocenters. The maximum Gasteiger partial charge on any atom is 0.244 e. The summed E-state index contributed by atoms with van der Waals surface area (Å²) in [6.45, 7) is 9.81. The number of ether oxygens (including phenoxy) is 1.